The molecule has 0 aliphatic carbocycles. The van der Waals surface area contributed by atoms with Crippen molar-refractivity contribution < 1.29 is 9.32 Å². The first kappa shape index (κ1) is 11.5. The molecule has 6 heteroatoms. The van der Waals surface area contributed by atoms with E-state index in [9.17, 15) is 4.79 Å². The third-order valence-corrected chi connectivity index (χ3v) is 2.51. The van der Waals surface area contributed by atoms with E-state index in [-0.39, 0.29) is 18.0 Å². The third-order valence-electron chi connectivity index (χ3n) is 2.19. The van der Waals surface area contributed by atoms with E-state index in [0.29, 0.717) is 16.4 Å². The summed E-state index contributed by atoms with van der Waals surface area (Å²) in [6, 6.07) is 6.59. The molecule has 0 fully saturated rings. The van der Waals surface area contributed by atoms with Gasteiger partial charge in [-0.1, -0.05) is 22.8 Å². The zero-order valence-electron chi connectivity index (χ0n) is 8.81. The number of aromatic nitrogens is 1. The van der Waals surface area contributed by atoms with Gasteiger partial charge in [0.25, 0.3) is 5.91 Å². The van der Waals surface area contributed by atoms with Gasteiger partial charge in [0.05, 0.1) is 17.1 Å². The minimum Gasteiger partial charge on any atom is -0.398 e. The second kappa shape index (κ2) is 4.88. The maximum absolute atomic E-state index is 11.8. The molecule has 2 rings (SSSR count). The molecule has 0 aliphatic heterocycles. The van der Waals surface area contributed by atoms with Crippen LogP contribution in [0.25, 0.3) is 0 Å². The van der Waals surface area contributed by atoms with Crippen LogP contribution in [-0.2, 0) is 6.54 Å². The molecule has 0 radical (unpaired) electrons. The Kier molecular flexibility index (Phi) is 3.30. The second-order valence-corrected chi connectivity index (χ2v) is 3.78. The van der Waals surface area contributed by atoms with E-state index in [2.05, 4.69) is 15.0 Å². The first-order valence-electron chi connectivity index (χ1n) is 4.90. The Balaban J connectivity index is 2.10. The molecule has 1 amide bonds. The number of halogens is 1. The molecule has 1 aromatic carbocycles. The summed E-state index contributed by atoms with van der Waals surface area (Å²) in [5.74, 6) is -0.337. The Labute approximate surface area is 103 Å². The number of nitrogens with zero attached hydrogens (tertiary/aromatic N) is 1. The molecule has 0 spiro atoms. The summed E-state index contributed by atoms with van der Waals surface area (Å²) in [4.78, 5) is 11.8. The molecule has 1 aromatic heterocycles. The molecule has 5 nitrogen and oxygen atoms in total. The average molecular weight is 252 g/mol. The Bertz CT molecular complexity index is 505. The van der Waals surface area contributed by atoms with Crippen molar-refractivity contribution >= 4 is 23.2 Å². The summed E-state index contributed by atoms with van der Waals surface area (Å²) in [6.07, 6.45) is 1.44. The van der Waals surface area contributed by atoms with E-state index < -0.39 is 0 Å². The summed E-state index contributed by atoms with van der Waals surface area (Å²) in [5.41, 5.74) is 6.94. The highest BCUT2D eigenvalue weighted by atomic mass is 35.5. The van der Waals surface area contributed by atoms with Gasteiger partial charge in [-0.05, 0) is 12.1 Å². The SMILES string of the molecule is Nc1cccc(Cl)c1C(=O)NCc1ccon1. The minimum atomic E-state index is -0.337. The molecule has 88 valence electrons. The summed E-state index contributed by atoms with van der Waals surface area (Å²) in [5, 5.41) is 6.65. The molecule has 0 aliphatic rings. The van der Waals surface area contributed by atoms with Gasteiger partial charge in [0.2, 0.25) is 0 Å². The Morgan fingerprint density at radius 3 is 2.94 bits per heavy atom. The normalized spacial score (nSPS) is 10.2. The van der Waals surface area contributed by atoms with Crippen LogP contribution in [0.2, 0.25) is 5.02 Å². The van der Waals surface area contributed by atoms with Crippen molar-refractivity contribution in [1.82, 2.24) is 10.5 Å². The lowest BCUT2D eigenvalue weighted by atomic mass is 10.1. The number of rotatable bonds is 3. The average Bonchev–Trinajstić information content (AvgIpc) is 2.79. The summed E-state index contributed by atoms with van der Waals surface area (Å²) >= 11 is 5.91. The molecule has 0 saturated carbocycles. The topological polar surface area (TPSA) is 81.2 Å². The quantitative estimate of drug-likeness (QED) is 0.816. The summed E-state index contributed by atoms with van der Waals surface area (Å²) in [6.45, 7) is 0.264. The maximum Gasteiger partial charge on any atom is 0.255 e. The second-order valence-electron chi connectivity index (χ2n) is 3.38. The largest absolute Gasteiger partial charge is 0.398 e. The van der Waals surface area contributed by atoms with E-state index >= 15 is 0 Å². The van der Waals surface area contributed by atoms with Crippen molar-refractivity contribution in [3.63, 3.8) is 0 Å². The summed E-state index contributed by atoms with van der Waals surface area (Å²) < 4.78 is 4.65. The van der Waals surface area contributed by atoms with Crippen molar-refractivity contribution in [2.24, 2.45) is 0 Å². The Hall–Kier alpha value is -2.01. The molecule has 2 aromatic rings. The van der Waals surface area contributed by atoms with Gasteiger partial charge in [-0.25, -0.2) is 0 Å². The first-order valence-corrected chi connectivity index (χ1v) is 5.27. The lowest BCUT2D eigenvalue weighted by molar-refractivity contribution is 0.0951. The van der Waals surface area contributed by atoms with Crippen LogP contribution in [0.3, 0.4) is 0 Å². The molecule has 0 unspecified atom stereocenters. The van der Waals surface area contributed by atoms with Gasteiger partial charge in [-0.2, -0.15) is 0 Å². The highest BCUT2D eigenvalue weighted by molar-refractivity contribution is 6.34. The number of hydrogen-bond donors (Lipinski definition) is 2. The number of nitrogens with two attached hydrogens (primary N) is 1. The van der Waals surface area contributed by atoms with Crippen molar-refractivity contribution in [2.75, 3.05) is 5.73 Å². The van der Waals surface area contributed by atoms with Crippen LogP contribution >= 0.6 is 11.6 Å². The standard InChI is InChI=1S/C11H10ClN3O2/c12-8-2-1-3-9(13)10(8)11(16)14-6-7-4-5-17-15-7/h1-5H,6,13H2,(H,14,16). The zero-order valence-corrected chi connectivity index (χ0v) is 9.57. The number of nitrogen functional groups attached to an aromatic ring is 1. The van der Waals surface area contributed by atoms with Gasteiger partial charge in [0, 0.05) is 11.8 Å². The lowest BCUT2D eigenvalue weighted by Crippen LogP contribution is -2.24. The van der Waals surface area contributed by atoms with E-state index in [1.165, 1.54) is 6.26 Å². The predicted octanol–water partition coefficient (Wildman–Crippen LogP) is 1.84. The van der Waals surface area contributed by atoms with Crippen LogP contribution in [0.4, 0.5) is 5.69 Å². The Morgan fingerprint density at radius 2 is 2.29 bits per heavy atom. The zero-order chi connectivity index (χ0) is 12.3. The predicted molar refractivity (Wildman–Crippen MR) is 63.5 cm³/mol. The molecule has 0 saturated heterocycles. The first-order chi connectivity index (χ1) is 8.18. The number of carbonyl (C=O) groups is 1. The molecule has 17 heavy (non-hydrogen) atoms. The van der Waals surface area contributed by atoms with E-state index in [0.717, 1.165) is 0 Å². The third kappa shape index (κ3) is 2.57. The van der Waals surface area contributed by atoms with E-state index in [1.54, 1.807) is 24.3 Å². The fraction of sp³-hybridized carbons (Fsp3) is 0.0909. The van der Waals surface area contributed by atoms with Crippen molar-refractivity contribution in [3.05, 3.63) is 46.8 Å². The van der Waals surface area contributed by atoms with Gasteiger partial charge in [0.1, 0.15) is 12.0 Å². The number of carbonyl (C=O) groups excluding carboxylic acids is 1. The highest BCUT2D eigenvalue weighted by Gasteiger charge is 2.13. The molecule has 0 atom stereocenters. The van der Waals surface area contributed by atoms with Crippen LogP contribution in [-0.4, -0.2) is 11.1 Å². The van der Waals surface area contributed by atoms with E-state index in [4.69, 9.17) is 17.3 Å². The minimum absolute atomic E-state index is 0.264. The van der Waals surface area contributed by atoms with Gasteiger partial charge >= 0.3 is 0 Å². The molecule has 1 heterocycles. The number of amides is 1. The molecular formula is C11H10ClN3O2. The number of anilines is 1. The van der Waals surface area contributed by atoms with Crippen LogP contribution in [0, 0.1) is 0 Å². The Morgan fingerprint density at radius 1 is 1.47 bits per heavy atom. The number of benzene rings is 1. The lowest BCUT2D eigenvalue weighted by Gasteiger charge is -2.07. The molecule has 0 bridgehead atoms. The maximum atomic E-state index is 11.8. The van der Waals surface area contributed by atoms with Gasteiger partial charge in [-0.3, -0.25) is 4.79 Å². The number of hydrogen-bond acceptors (Lipinski definition) is 4. The molecule has 3 N–H and O–H groups in total. The van der Waals surface area contributed by atoms with Crippen molar-refractivity contribution in [2.45, 2.75) is 6.54 Å². The highest BCUT2D eigenvalue weighted by Crippen LogP contribution is 2.21. The monoisotopic (exact) mass is 251 g/mol. The van der Waals surface area contributed by atoms with Crippen molar-refractivity contribution in [1.29, 1.82) is 0 Å². The molecular weight excluding hydrogens is 242 g/mol. The van der Waals surface area contributed by atoms with Gasteiger partial charge < -0.3 is 15.6 Å². The van der Waals surface area contributed by atoms with Gasteiger partial charge in [-0.15, -0.1) is 0 Å². The number of nitrogens with one attached hydrogen (secondary N) is 1. The fourth-order valence-corrected chi connectivity index (χ4v) is 1.64. The summed E-state index contributed by atoms with van der Waals surface area (Å²) in [7, 11) is 0. The van der Waals surface area contributed by atoms with E-state index in [1.807, 2.05) is 0 Å². The van der Waals surface area contributed by atoms with Crippen LogP contribution < -0.4 is 11.1 Å². The van der Waals surface area contributed by atoms with Gasteiger partial charge in [0.15, 0.2) is 0 Å². The van der Waals surface area contributed by atoms with Crippen LogP contribution in [0.15, 0.2) is 35.1 Å². The fourth-order valence-electron chi connectivity index (χ4n) is 1.37. The van der Waals surface area contributed by atoms with Crippen molar-refractivity contribution in [3.8, 4) is 0 Å². The van der Waals surface area contributed by atoms with Crippen LogP contribution in [0.5, 0.6) is 0 Å². The smallest absolute Gasteiger partial charge is 0.255 e. The van der Waals surface area contributed by atoms with Crippen LogP contribution in [0.1, 0.15) is 16.1 Å².